The van der Waals surface area contributed by atoms with Gasteiger partial charge in [0, 0.05) is 18.1 Å². The Morgan fingerprint density at radius 1 is 1.60 bits per heavy atom. The number of hydrogen-bond acceptors (Lipinski definition) is 2. The van der Waals surface area contributed by atoms with Crippen LogP contribution < -0.4 is 5.56 Å². The van der Waals surface area contributed by atoms with Crippen LogP contribution >= 0.6 is 38.5 Å². The summed E-state index contributed by atoms with van der Waals surface area (Å²) in [6, 6.07) is 0. The molecular formula is C10H14BrIN2O. The molecule has 0 spiro atoms. The molecule has 0 aliphatic carbocycles. The van der Waals surface area contributed by atoms with E-state index in [0.717, 1.165) is 24.7 Å². The molecule has 0 aliphatic rings. The first kappa shape index (κ1) is 13.2. The Labute approximate surface area is 112 Å². The average Bonchev–Trinajstić information content (AvgIpc) is 2.21. The first-order valence-corrected chi connectivity index (χ1v) is 7.11. The topological polar surface area (TPSA) is 34.9 Å². The molecule has 5 heteroatoms. The van der Waals surface area contributed by atoms with E-state index in [9.17, 15) is 4.79 Å². The van der Waals surface area contributed by atoms with Crippen LogP contribution in [-0.4, -0.2) is 14.9 Å². The van der Waals surface area contributed by atoms with Crippen molar-refractivity contribution in [3.63, 3.8) is 0 Å². The normalized spacial score (nSPS) is 12.7. The van der Waals surface area contributed by atoms with Crippen molar-refractivity contribution >= 4 is 38.5 Å². The maximum Gasteiger partial charge on any atom is 0.266 e. The zero-order chi connectivity index (χ0) is 11.3. The van der Waals surface area contributed by atoms with Gasteiger partial charge in [-0.15, -0.1) is 0 Å². The van der Waals surface area contributed by atoms with Gasteiger partial charge >= 0.3 is 0 Å². The minimum absolute atomic E-state index is 0.0663. The van der Waals surface area contributed by atoms with Gasteiger partial charge < -0.3 is 0 Å². The summed E-state index contributed by atoms with van der Waals surface area (Å²) in [7, 11) is 0. The highest BCUT2D eigenvalue weighted by Crippen LogP contribution is 2.09. The van der Waals surface area contributed by atoms with E-state index in [2.05, 4.69) is 27.8 Å². The van der Waals surface area contributed by atoms with E-state index in [4.69, 9.17) is 0 Å². The van der Waals surface area contributed by atoms with E-state index in [-0.39, 0.29) is 5.56 Å². The number of aryl methyl sites for hydroxylation is 1. The lowest BCUT2D eigenvalue weighted by atomic mass is 10.1. The van der Waals surface area contributed by atoms with Crippen molar-refractivity contribution < 1.29 is 0 Å². The lowest BCUT2D eigenvalue weighted by Crippen LogP contribution is -2.23. The predicted octanol–water partition coefficient (Wildman–Crippen LogP) is 2.66. The van der Waals surface area contributed by atoms with Gasteiger partial charge in [-0.3, -0.25) is 9.36 Å². The lowest BCUT2D eigenvalue weighted by molar-refractivity contribution is 0.463. The maximum atomic E-state index is 11.6. The second-order valence-corrected chi connectivity index (χ2v) is 5.57. The van der Waals surface area contributed by atoms with E-state index in [1.54, 1.807) is 17.1 Å². The van der Waals surface area contributed by atoms with Crippen molar-refractivity contribution in [3.8, 4) is 0 Å². The molecular weight excluding hydrogens is 371 g/mol. The van der Waals surface area contributed by atoms with Crippen LogP contribution in [0.4, 0.5) is 0 Å². The fraction of sp³-hybridized carbons (Fsp3) is 0.600. The highest BCUT2D eigenvalue weighted by molar-refractivity contribution is 14.1. The molecule has 1 aromatic heterocycles. The highest BCUT2D eigenvalue weighted by atomic mass is 127. The summed E-state index contributed by atoms with van der Waals surface area (Å²) in [5.41, 5.74) is 0.0663. The van der Waals surface area contributed by atoms with Crippen LogP contribution in [0.3, 0.4) is 0 Å². The average molecular weight is 385 g/mol. The van der Waals surface area contributed by atoms with Gasteiger partial charge in [0.1, 0.15) is 0 Å². The van der Waals surface area contributed by atoms with Crippen molar-refractivity contribution in [2.24, 2.45) is 5.92 Å². The van der Waals surface area contributed by atoms with E-state index in [1.807, 2.05) is 22.6 Å². The molecule has 15 heavy (non-hydrogen) atoms. The van der Waals surface area contributed by atoms with E-state index < -0.39 is 0 Å². The van der Waals surface area contributed by atoms with Gasteiger partial charge in [-0.1, -0.05) is 22.9 Å². The minimum Gasteiger partial charge on any atom is -0.298 e. The Balaban J connectivity index is 2.58. The smallest absolute Gasteiger partial charge is 0.266 e. The van der Waals surface area contributed by atoms with Gasteiger partial charge in [0.15, 0.2) is 0 Å². The Kier molecular flexibility index (Phi) is 5.81. The largest absolute Gasteiger partial charge is 0.298 e. The number of alkyl halides is 1. The number of nitrogens with zero attached hydrogens (tertiary/aromatic N) is 2. The summed E-state index contributed by atoms with van der Waals surface area (Å²) in [5.74, 6) is 0.633. The molecule has 84 valence electrons. The molecule has 1 unspecified atom stereocenters. The molecule has 1 heterocycles. The molecule has 0 saturated heterocycles. The quantitative estimate of drug-likeness (QED) is 0.577. The molecule has 0 aliphatic heterocycles. The molecule has 0 saturated carbocycles. The summed E-state index contributed by atoms with van der Waals surface area (Å²) >= 11 is 5.44. The zero-order valence-corrected chi connectivity index (χ0v) is 12.4. The summed E-state index contributed by atoms with van der Waals surface area (Å²) in [6.45, 7) is 2.96. The van der Waals surface area contributed by atoms with Crippen LogP contribution in [0, 0.1) is 9.49 Å². The van der Waals surface area contributed by atoms with Crippen LogP contribution in [0.2, 0.25) is 0 Å². The van der Waals surface area contributed by atoms with Crippen LogP contribution in [0.1, 0.15) is 19.8 Å². The molecule has 3 nitrogen and oxygen atoms in total. The van der Waals surface area contributed by atoms with Gasteiger partial charge in [-0.2, -0.15) is 0 Å². The first-order valence-electron chi connectivity index (χ1n) is 4.91. The molecule has 1 aromatic rings. The number of hydrogen-bond donors (Lipinski definition) is 0. The summed E-state index contributed by atoms with van der Waals surface area (Å²) in [4.78, 5) is 15.7. The standard InChI is InChI=1S/C10H14BrIN2O/c1-8(2-4-11)3-5-14-7-13-6-9(12)10(14)15/h6-8H,2-5H2,1H3. The number of halogens is 2. The fourth-order valence-corrected chi connectivity index (χ4v) is 2.53. The molecule has 0 fully saturated rings. The van der Waals surface area contributed by atoms with Crippen molar-refractivity contribution in [1.82, 2.24) is 9.55 Å². The Morgan fingerprint density at radius 2 is 2.33 bits per heavy atom. The monoisotopic (exact) mass is 384 g/mol. The van der Waals surface area contributed by atoms with Gasteiger partial charge in [-0.05, 0) is 41.4 Å². The molecule has 0 amide bonds. The second-order valence-electron chi connectivity index (χ2n) is 3.61. The molecule has 0 bridgehead atoms. The van der Waals surface area contributed by atoms with Crippen molar-refractivity contribution in [2.45, 2.75) is 26.3 Å². The van der Waals surface area contributed by atoms with Gasteiger partial charge in [0.2, 0.25) is 0 Å². The van der Waals surface area contributed by atoms with Crippen molar-refractivity contribution in [1.29, 1.82) is 0 Å². The zero-order valence-electron chi connectivity index (χ0n) is 8.62. The van der Waals surface area contributed by atoms with E-state index in [0.29, 0.717) is 9.49 Å². The van der Waals surface area contributed by atoms with Gasteiger partial charge in [0.25, 0.3) is 5.56 Å². The highest BCUT2D eigenvalue weighted by Gasteiger charge is 2.04. The Hall–Kier alpha value is 0.0900. The number of rotatable bonds is 5. The van der Waals surface area contributed by atoms with E-state index >= 15 is 0 Å². The van der Waals surface area contributed by atoms with Crippen LogP contribution in [0.15, 0.2) is 17.3 Å². The van der Waals surface area contributed by atoms with Crippen LogP contribution in [0.25, 0.3) is 0 Å². The number of aromatic nitrogens is 2. The molecule has 1 atom stereocenters. The third-order valence-corrected chi connectivity index (χ3v) is 3.52. The third kappa shape index (κ3) is 4.22. The fourth-order valence-electron chi connectivity index (χ4n) is 1.27. The lowest BCUT2D eigenvalue weighted by Gasteiger charge is -2.10. The van der Waals surface area contributed by atoms with Gasteiger partial charge in [0.05, 0.1) is 9.90 Å². The third-order valence-electron chi connectivity index (χ3n) is 2.32. The van der Waals surface area contributed by atoms with E-state index in [1.165, 1.54) is 0 Å². The maximum absolute atomic E-state index is 11.6. The predicted molar refractivity (Wildman–Crippen MR) is 73.4 cm³/mol. The molecule has 0 aromatic carbocycles. The first-order chi connectivity index (χ1) is 7.15. The minimum atomic E-state index is 0.0663. The summed E-state index contributed by atoms with van der Waals surface area (Å²) in [6.07, 6.45) is 5.38. The molecule has 0 N–H and O–H groups in total. The second kappa shape index (κ2) is 6.62. The Morgan fingerprint density at radius 3 is 3.00 bits per heavy atom. The van der Waals surface area contributed by atoms with Crippen molar-refractivity contribution in [3.05, 3.63) is 26.4 Å². The van der Waals surface area contributed by atoms with Crippen LogP contribution in [-0.2, 0) is 6.54 Å². The Bertz CT molecular complexity index is 367. The van der Waals surface area contributed by atoms with Gasteiger partial charge in [-0.25, -0.2) is 4.98 Å². The summed E-state index contributed by atoms with van der Waals surface area (Å²) < 4.78 is 2.37. The van der Waals surface area contributed by atoms with Crippen molar-refractivity contribution in [2.75, 3.05) is 5.33 Å². The molecule has 0 radical (unpaired) electrons. The SMILES string of the molecule is CC(CCBr)CCn1cncc(I)c1=O. The molecule has 1 rings (SSSR count). The summed E-state index contributed by atoms with van der Waals surface area (Å²) in [5, 5.41) is 1.02. The van der Waals surface area contributed by atoms with Crippen LogP contribution in [0.5, 0.6) is 0 Å².